The van der Waals surface area contributed by atoms with E-state index in [-0.39, 0.29) is 25.0 Å². The van der Waals surface area contributed by atoms with Gasteiger partial charge >= 0.3 is 0 Å². The molecule has 3 rings (SSSR count). The molecule has 2 aliphatic rings. The molecule has 162 valence electrons. The second-order valence-corrected chi connectivity index (χ2v) is 7.70. The van der Waals surface area contributed by atoms with Gasteiger partial charge in [0, 0.05) is 13.2 Å². The summed E-state index contributed by atoms with van der Waals surface area (Å²) in [6.45, 7) is 1.50. The molecule has 1 aromatic carbocycles. The van der Waals surface area contributed by atoms with Crippen molar-refractivity contribution >= 4 is 5.91 Å². The highest BCUT2D eigenvalue weighted by molar-refractivity contribution is 5.77. The van der Waals surface area contributed by atoms with Gasteiger partial charge in [0.2, 0.25) is 5.91 Å². The average molecular weight is 409 g/mol. The highest BCUT2D eigenvalue weighted by Gasteiger charge is 2.44. The number of fused-ring (bicyclic) bond motifs is 2. The first-order valence-corrected chi connectivity index (χ1v) is 10.2. The van der Waals surface area contributed by atoms with Gasteiger partial charge in [0.15, 0.2) is 0 Å². The highest BCUT2D eigenvalue weighted by atomic mass is 16.6. The Morgan fingerprint density at radius 2 is 1.55 bits per heavy atom. The second-order valence-electron chi connectivity index (χ2n) is 7.70. The Morgan fingerprint density at radius 3 is 2.28 bits per heavy atom. The van der Waals surface area contributed by atoms with Crippen molar-refractivity contribution in [2.45, 2.75) is 62.2 Å². The molecule has 0 aliphatic carbocycles. The maximum Gasteiger partial charge on any atom is 0.223 e. The van der Waals surface area contributed by atoms with Gasteiger partial charge in [0.05, 0.1) is 31.8 Å². The molecule has 29 heavy (non-hydrogen) atoms. The lowest BCUT2D eigenvalue weighted by Crippen LogP contribution is -2.59. The number of ether oxygens (including phenoxy) is 3. The van der Waals surface area contributed by atoms with Crippen molar-refractivity contribution in [1.29, 1.82) is 0 Å². The van der Waals surface area contributed by atoms with Gasteiger partial charge in [-0.15, -0.1) is 0 Å². The number of aliphatic hydroxyl groups is 3. The average Bonchev–Trinajstić information content (AvgIpc) is 2.72. The maximum absolute atomic E-state index is 12.6. The SMILES string of the molecule is O=C1C[C@H]2O[C@H](COCCCCOC[C@H](Cc3ccccc3)N1)[C@@H](O)[C@H](O)[C@H]2O. The largest absolute Gasteiger partial charge is 0.388 e. The van der Waals surface area contributed by atoms with Crippen LogP contribution in [0.4, 0.5) is 0 Å². The minimum absolute atomic E-state index is 0.0839. The number of hydrogen-bond donors (Lipinski definition) is 4. The summed E-state index contributed by atoms with van der Waals surface area (Å²) >= 11 is 0. The fraction of sp³-hybridized carbons (Fsp3) is 0.667. The van der Waals surface area contributed by atoms with Crippen molar-refractivity contribution in [2.24, 2.45) is 0 Å². The van der Waals surface area contributed by atoms with E-state index in [1.165, 1.54) is 0 Å². The summed E-state index contributed by atoms with van der Waals surface area (Å²) in [5.74, 6) is -0.309. The molecule has 0 aromatic heterocycles. The minimum Gasteiger partial charge on any atom is -0.388 e. The number of amides is 1. The molecule has 2 saturated heterocycles. The van der Waals surface area contributed by atoms with Crippen LogP contribution in [0.25, 0.3) is 0 Å². The molecule has 6 atom stereocenters. The molecule has 0 radical (unpaired) electrons. The Morgan fingerprint density at radius 1 is 0.897 bits per heavy atom. The Bertz CT molecular complexity index is 629. The molecule has 8 nitrogen and oxygen atoms in total. The lowest BCUT2D eigenvalue weighted by atomic mass is 9.93. The Balaban J connectivity index is 1.68. The van der Waals surface area contributed by atoms with E-state index >= 15 is 0 Å². The number of carbonyl (C=O) groups excluding carboxylic acids is 1. The summed E-state index contributed by atoms with van der Waals surface area (Å²) in [5.41, 5.74) is 1.08. The Hall–Kier alpha value is -1.55. The summed E-state index contributed by atoms with van der Waals surface area (Å²) in [7, 11) is 0. The van der Waals surface area contributed by atoms with Crippen LogP contribution in [0.5, 0.6) is 0 Å². The summed E-state index contributed by atoms with van der Waals surface area (Å²) < 4.78 is 17.0. The Kier molecular flexibility index (Phi) is 8.40. The van der Waals surface area contributed by atoms with Gasteiger partial charge in [-0.2, -0.15) is 0 Å². The third kappa shape index (κ3) is 6.47. The van der Waals surface area contributed by atoms with E-state index in [0.29, 0.717) is 26.2 Å². The maximum atomic E-state index is 12.6. The van der Waals surface area contributed by atoms with Crippen LogP contribution in [0, 0.1) is 0 Å². The van der Waals surface area contributed by atoms with Gasteiger partial charge in [0.1, 0.15) is 24.4 Å². The summed E-state index contributed by atoms with van der Waals surface area (Å²) in [6, 6.07) is 9.60. The molecule has 0 saturated carbocycles. The van der Waals surface area contributed by atoms with Gasteiger partial charge < -0.3 is 34.8 Å². The lowest BCUT2D eigenvalue weighted by Gasteiger charge is -2.40. The molecular formula is C21H31NO7. The number of aliphatic hydroxyl groups excluding tert-OH is 3. The Labute approximate surface area is 170 Å². The van der Waals surface area contributed by atoms with Crippen LogP contribution in [-0.4, -0.2) is 84.2 Å². The second kappa shape index (κ2) is 11.0. The zero-order valence-electron chi connectivity index (χ0n) is 16.5. The third-order valence-electron chi connectivity index (χ3n) is 5.32. The predicted molar refractivity (Wildman–Crippen MR) is 104 cm³/mol. The molecule has 0 spiro atoms. The van der Waals surface area contributed by atoms with E-state index in [1.807, 2.05) is 30.3 Å². The quantitative estimate of drug-likeness (QED) is 0.534. The van der Waals surface area contributed by atoms with Crippen LogP contribution in [0.3, 0.4) is 0 Å². The summed E-state index contributed by atoms with van der Waals surface area (Å²) in [6.07, 6.45) is -3.66. The monoisotopic (exact) mass is 409 g/mol. The first-order chi connectivity index (χ1) is 14.0. The fourth-order valence-corrected chi connectivity index (χ4v) is 3.69. The molecule has 4 N–H and O–H groups in total. The normalized spacial score (nSPS) is 35.2. The minimum atomic E-state index is -1.39. The zero-order valence-corrected chi connectivity index (χ0v) is 16.5. The molecule has 0 unspecified atom stereocenters. The first kappa shape index (κ1) is 22.1. The zero-order chi connectivity index (χ0) is 20.6. The third-order valence-corrected chi connectivity index (χ3v) is 5.32. The summed E-state index contributed by atoms with van der Waals surface area (Å²) in [4.78, 5) is 12.6. The highest BCUT2D eigenvalue weighted by Crippen LogP contribution is 2.24. The van der Waals surface area contributed by atoms with Crippen molar-refractivity contribution in [2.75, 3.05) is 26.4 Å². The van der Waals surface area contributed by atoms with Crippen LogP contribution in [0.1, 0.15) is 24.8 Å². The predicted octanol–water partition coefficient (Wildman–Crippen LogP) is -0.219. The van der Waals surface area contributed by atoms with E-state index in [0.717, 1.165) is 18.4 Å². The van der Waals surface area contributed by atoms with E-state index in [4.69, 9.17) is 14.2 Å². The van der Waals surface area contributed by atoms with Crippen molar-refractivity contribution in [3.63, 3.8) is 0 Å². The van der Waals surface area contributed by atoms with Crippen LogP contribution < -0.4 is 5.32 Å². The molecule has 2 fully saturated rings. The molecular weight excluding hydrogens is 378 g/mol. The van der Waals surface area contributed by atoms with Crippen LogP contribution in [-0.2, 0) is 25.4 Å². The lowest BCUT2D eigenvalue weighted by molar-refractivity contribution is -0.233. The van der Waals surface area contributed by atoms with E-state index in [1.54, 1.807) is 0 Å². The number of nitrogens with one attached hydrogen (secondary N) is 1. The van der Waals surface area contributed by atoms with E-state index < -0.39 is 30.5 Å². The number of carbonyl (C=O) groups is 1. The van der Waals surface area contributed by atoms with Gasteiger partial charge in [-0.05, 0) is 24.8 Å². The smallest absolute Gasteiger partial charge is 0.223 e. The van der Waals surface area contributed by atoms with Crippen molar-refractivity contribution in [1.82, 2.24) is 5.32 Å². The summed E-state index contributed by atoms with van der Waals surface area (Å²) in [5, 5.41) is 33.5. The van der Waals surface area contributed by atoms with Crippen molar-refractivity contribution in [3.8, 4) is 0 Å². The number of benzene rings is 1. The van der Waals surface area contributed by atoms with E-state index in [9.17, 15) is 20.1 Å². The van der Waals surface area contributed by atoms with Gasteiger partial charge in [-0.25, -0.2) is 0 Å². The van der Waals surface area contributed by atoms with E-state index in [2.05, 4.69) is 5.32 Å². The molecule has 2 aliphatic heterocycles. The molecule has 1 aromatic rings. The van der Waals surface area contributed by atoms with Gasteiger partial charge in [-0.3, -0.25) is 4.79 Å². The van der Waals surface area contributed by atoms with Gasteiger partial charge in [0.25, 0.3) is 0 Å². The molecule has 2 bridgehead atoms. The van der Waals surface area contributed by atoms with Gasteiger partial charge in [-0.1, -0.05) is 30.3 Å². The number of rotatable bonds is 2. The first-order valence-electron chi connectivity index (χ1n) is 10.2. The number of hydrogen-bond acceptors (Lipinski definition) is 7. The van der Waals surface area contributed by atoms with Crippen LogP contribution in [0.2, 0.25) is 0 Å². The molecule has 1 amide bonds. The molecule has 8 heteroatoms. The van der Waals surface area contributed by atoms with Crippen LogP contribution >= 0.6 is 0 Å². The van der Waals surface area contributed by atoms with Crippen LogP contribution in [0.15, 0.2) is 30.3 Å². The van der Waals surface area contributed by atoms with Crippen molar-refractivity contribution in [3.05, 3.63) is 35.9 Å². The van der Waals surface area contributed by atoms with Crippen molar-refractivity contribution < 1.29 is 34.3 Å². The fourth-order valence-electron chi connectivity index (χ4n) is 3.69. The topological polar surface area (TPSA) is 117 Å². The standard InChI is InChI=1S/C21H31NO7/c23-18-11-16-19(24)21(26)20(25)17(29-16)13-28-9-5-4-8-27-12-15(22-18)10-14-6-2-1-3-7-14/h1-3,6-7,15-17,19-21,24-26H,4-5,8-13H2,(H,22,23)/t15-,16+,17+,19-,20+,21+/m0/s1. The molecule has 2 heterocycles.